The summed E-state index contributed by atoms with van der Waals surface area (Å²) in [5.74, 6) is 1.04. The maximum Gasteiger partial charge on any atom is 0.417 e. The van der Waals surface area contributed by atoms with Crippen LogP contribution in [0.2, 0.25) is 5.02 Å². The summed E-state index contributed by atoms with van der Waals surface area (Å²) >= 11 is 5.57. The number of alkyl halides is 3. The molecule has 0 bridgehead atoms. The first-order chi connectivity index (χ1) is 13.1. The van der Waals surface area contributed by atoms with Crippen molar-refractivity contribution in [1.82, 2.24) is 19.3 Å². The normalized spacial score (nSPS) is 17.2. The molecule has 0 unspecified atom stereocenters. The van der Waals surface area contributed by atoms with Gasteiger partial charge in [0, 0.05) is 32.6 Å². The fourth-order valence-corrected chi connectivity index (χ4v) is 4.52. The average molecular weight is 439 g/mol. The molecular weight excluding hydrogens is 421 g/mol. The van der Waals surface area contributed by atoms with E-state index < -0.39 is 31.7 Å². The lowest BCUT2D eigenvalue weighted by molar-refractivity contribution is -0.137. The van der Waals surface area contributed by atoms with Crippen molar-refractivity contribution in [3.05, 3.63) is 40.5 Å². The van der Waals surface area contributed by atoms with Crippen LogP contribution in [0.1, 0.15) is 24.2 Å². The third-order valence-corrected chi connectivity index (χ3v) is 6.62. The van der Waals surface area contributed by atoms with Crippen molar-refractivity contribution in [2.75, 3.05) is 26.2 Å². The van der Waals surface area contributed by atoms with Gasteiger partial charge in [-0.15, -0.1) is 0 Å². The molecule has 7 nitrogen and oxygen atoms in total. The minimum Gasteiger partial charge on any atom is -0.338 e. The zero-order valence-electron chi connectivity index (χ0n) is 14.9. The summed E-state index contributed by atoms with van der Waals surface area (Å²) in [7, 11) is -4.06. The topological polar surface area (TPSA) is 79.5 Å². The van der Waals surface area contributed by atoms with Crippen LogP contribution in [-0.4, -0.2) is 53.9 Å². The Bertz CT molecular complexity index is 941. The van der Waals surface area contributed by atoms with Crippen molar-refractivity contribution in [3.8, 4) is 0 Å². The predicted molar refractivity (Wildman–Crippen MR) is 94.2 cm³/mol. The Balaban J connectivity index is 1.69. The highest BCUT2D eigenvalue weighted by molar-refractivity contribution is 7.89. The maximum absolute atomic E-state index is 13.0. The van der Waals surface area contributed by atoms with Crippen LogP contribution in [0.5, 0.6) is 0 Å². The number of benzene rings is 1. The van der Waals surface area contributed by atoms with Gasteiger partial charge in [0.2, 0.25) is 15.9 Å². The molecule has 1 aromatic heterocycles. The van der Waals surface area contributed by atoms with E-state index in [-0.39, 0.29) is 13.1 Å². The van der Waals surface area contributed by atoms with E-state index in [1.165, 1.54) is 0 Å². The van der Waals surface area contributed by atoms with Gasteiger partial charge in [0.15, 0.2) is 5.82 Å². The summed E-state index contributed by atoms with van der Waals surface area (Å²) in [6.07, 6.45) is -4.08. The summed E-state index contributed by atoms with van der Waals surface area (Å²) < 4.78 is 70.8. The largest absolute Gasteiger partial charge is 0.417 e. The van der Waals surface area contributed by atoms with Crippen molar-refractivity contribution in [2.24, 2.45) is 0 Å². The number of hydrogen-bond donors (Lipinski definition) is 0. The van der Waals surface area contributed by atoms with Gasteiger partial charge in [0.1, 0.15) is 0 Å². The molecule has 28 heavy (non-hydrogen) atoms. The molecule has 0 atom stereocenters. The zero-order chi connectivity index (χ0) is 20.5. The van der Waals surface area contributed by atoms with Crippen LogP contribution < -0.4 is 0 Å². The van der Waals surface area contributed by atoms with Crippen molar-refractivity contribution >= 4 is 21.6 Å². The van der Waals surface area contributed by atoms with Gasteiger partial charge in [-0.1, -0.05) is 23.7 Å². The van der Waals surface area contributed by atoms with Gasteiger partial charge in [0.25, 0.3) is 0 Å². The molecule has 1 aliphatic heterocycles. The van der Waals surface area contributed by atoms with Crippen LogP contribution >= 0.6 is 11.6 Å². The Morgan fingerprint density at radius 2 is 1.89 bits per heavy atom. The van der Waals surface area contributed by atoms with E-state index >= 15 is 0 Å². The third-order valence-electron chi connectivity index (χ3n) is 4.40. The molecule has 0 amide bonds. The quantitative estimate of drug-likeness (QED) is 0.714. The molecule has 0 N–H and O–H groups in total. The third kappa shape index (κ3) is 4.48. The molecule has 154 valence electrons. The number of nitrogens with zero attached hydrogens (tertiary/aromatic N) is 4. The highest BCUT2D eigenvalue weighted by Gasteiger charge is 2.36. The van der Waals surface area contributed by atoms with Gasteiger partial charge in [-0.3, -0.25) is 4.90 Å². The van der Waals surface area contributed by atoms with Crippen molar-refractivity contribution in [2.45, 2.75) is 31.0 Å². The summed E-state index contributed by atoms with van der Waals surface area (Å²) in [6, 6.07) is 2.62. The highest BCUT2D eigenvalue weighted by Crippen LogP contribution is 2.36. The van der Waals surface area contributed by atoms with Crippen molar-refractivity contribution in [3.63, 3.8) is 0 Å². The van der Waals surface area contributed by atoms with Crippen LogP contribution in [0, 0.1) is 0 Å². The number of halogens is 4. The molecular formula is C16H18ClF3N4O3S. The van der Waals surface area contributed by atoms with Crippen LogP contribution in [0.3, 0.4) is 0 Å². The summed E-state index contributed by atoms with van der Waals surface area (Å²) in [4.78, 5) is 5.73. The monoisotopic (exact) mass is 438 g/mol. The van der Waals surface area contributed by atoms with E-state index in [4.69, 9.17) is 16.1 Å². The lowest BCUT2D eigenvalue weighted by Gasteiger charge is -2.33. The van der Waals surface area contributed by atoms with Gasteiger partial charge < -0.3 is 4.52 Å². The molecule has 2 heterocycles. The van der Waals surface area contributed by atoms with Crippen molar-refractivity contribution < 1.29 is 26.1 Å². The molecule has 0 spiro atoms. The SMILES string of the molecule is CCc1noc(CN2CCN(S(=O)(=O)c3ccc(Cl)c(C(F)(F)F)c3)CC2)n1. The minimum atomic E-state index is -4.73. The van der Waals surface area contributed by atoms with Crippen LogP contribution in [0.4, 0.5) is 13.2 Å². The number of piperazine rings is 1. The number of rotatable bonds is 5. The first kappa shape index (κ1) is 21.0. The smallest absolute Gasteiger partial charge is 0.338 e. The van der Waals surface area contributed by atoms with E-state index in [2.05, 4.69) is 10.1 Å². The van der Waals surface area contributed by atoms with Gasteiger partial charge >= 0.3 is 6.18 Å². The molecule has 12 heteroatoms. The Morgan fingerprint density at radius 1 is 1.21 bits per heavy atom. The van der Waals surface area contributed by atoms with Gasteiger partial charge in [-0.2, -0.15) is 22.5 Å². The minimum absolute atomic E-state index is 0.140. The Morgan fingerprint density at radius 3 is 2.46 bits per heavy atom. The first-order valence-corrected chi connectivity index (χ1v) is 10.3. The second-order valence-electron chi connectivity index (χ2n) is 6.28. The van der Waals surface area contributed by atoms with E-state index in [1.54, 1.807) is 0 Å². The number of hydrogen-bond acceptors (Lipinski definition) is 6. The summed E-state index contributed by atoms with van der Waals surface area (Å²) in [5, 5.41) is 3.27. The maximum atomic E-state index is 13.0. The van der Waals surface area contributed by atoms with Crippen LogP contribution in [0.25, 0.3) is 0 Å². The molecule has 0 saturated carbocycles. The second-order valence-corrected chi connectivity index (χ2v) is 8.62. The lowest BCUT2D eigenvalue weighted by Crippen LogP contribution is -2.48. The summed E-state index contributed by atoms with van der Waals surface area (Å²) in [6.45, 7) is 3.35. The fourth-order valence-electron chi connectivity index (χ4n) is 2.85. The second kappa shape index (κ2) is 7.97. The number of aromatic nitrogens is 2. The molecule has 1 aromatic carbocycles. The van der Waals surface area contributed by atoms with Crippen molar-refractivity contribution in [1.29, 1.82) is 0 Å². The van der Waals surface area contributed by atoms with Gasteiger partial charge in [-0.25, -0.2) is 8.42 Å². The number of aryl methyl sites for hydroxylation is 1. The molecule has 1 fully saturated rings. The van der Waals surface area contributed by atoms with E-state index in [1.807, 2.05) is 11.8 Å². The molecule has 0 radical (unpaired) electrons. The Kier molecular flexibility index (Phi) is 5.99. The predicted octanol–water partition coefficient (Wildman–Crippen LogP) is 2.81. The van der Waals surface area contributed by atoms with Gasteiger partial charge in [-0.05, 0) is 18.2 Å². The van der Waals surface area contributed by atoms with E-state index in [0.29, 0.717) is 43.8 Å². The average Bonchev–Trinajstić information content (AvgIpc) is 3.09. The van der Waals surface area contributed by atoms with Crippen LogP contribution in [-0.2, 0) is 29.2 Å². The molecule has 0 aliphatic carbocycles. The number of sulfonamides is 1. The van der Waals surface area contributed by atoms with Crippen LogP contribution in [0.15, 0.2) is 27.6 Å². The molecule has 2 aromatic rings. The Hall–Kier alpha value is -1.69. The molecule has 1 aliphatic rings. The Labute approximate surface area is 165 Å². The molecule has 1 saturated heterocycles. The van der Waals surface area contributed by atoms with E-state index in [0.717, 1.165) is 16.4 Å². The highest BCUT2D eigenvalue weighted by atomic mass is 35.5. The first-order valence-electron chi connectivity index (χ1n) is 8.52. The lowest BCUT2D eigenvalue weighted by atomic mass is 10.2. The van der Waals surface area contributed by atoms with E-state index in [9.17, 15) is 21.6 Å². The fraction of sp³-hybridized carbons (Fsp3) is 0.500. The standard InChI is InChI=1S/C16H18ClF3N4O3S/c1-2-14-21-15(27-22-14)10-23-5-7-24(8-6-23)28(25,26)11-3-4-13(17)12(9-11)16(18,19)20/h3-4,9H,2,5-8,10H2,1H3. The molecule has 3 rings (SSSR count). The summed E-state index contributed by atoms with van der Waals surface area (Å²) in [5.41, 5.74) is -1.17. The zero-order valence-corrected chi connectivity index (χ0v) is 16.5. The van der Waals surface area contributed by atoms with Gasteiger partial charge in [0.05, 0.1) is 22.0 Å².